The Hall–Kier alpha value is -2.90. The number of rotatable bonds is 4. The van der Waals surface area contributed by atoms with Crippen LogP contribution >= 0.6 is 0 Å². The molecule has 0 radical (unpaired) electrons. The second-order valence-electron chi connectivity index (χ2n) is 8.17. The van der Waals surface area contributed by atoms with Crippen LogP contribution in [0, 0.1) is 6.92 Å². The van der Waals surface area contributed by atoms with Crippen LogP contribution in [0.1, 0.15) is 30.7 Å². The third-order valence-electron chi connectivity index (χ3n) is 5.94. The lowest BCUT2D eigenvalue weighted by molar-refractivity contribution is 0.313. The van der Waals surface area contributed by atoms with Gasteiger partial charge >= 0.3 is 0 Å². The van der Waals surface area contributed by atoms with Crippen molar-refractivity contribution in [1.82, 2.24) is 20.2 Å². The molecule has 32 heavy (non-hydrogen) atoms. The molecule has 2 N–H and O–H groups in total. The summed E-state index contributed by atoms with van der Waals surface area (Å²) in [4.78, 5) is 14.0. The van der Waals surface area contributed by atoms with Gasteiger partial charge in [-0.25, -0.2) is 9.97 Å². The van der Waals surface area contributed by atoms with E-state index in [-0.39, 0.29) is 0 Å². The van der Waals surface area contributed by atoms with Crippen molar-refractivity contribution in [2.24, 2.45) is 0 Å². The van der Waals surface area contributed by atoms with E-state index in [2.05, 4.69) is 62.8 Å². The van der Waals surface area contributed by atoms with E-state index >= 15 is 0 Å². The quantitative estimate of drug-likeness (QED) is 0.637. The lowest BCUT2D eigenvalue weighted by Gasteiger charge is -2.34. The van der Waals surface area contributed by atoms with E-state index < -0.39 is 0 Å². The van der Waals surface area contributed by atoms with Crippen molar-refractivity contribution in [3.8, 4) is 11.5 Å². The molecule has 0 saturated carbocycles. The summed E-state index contributed by atoms with van der Waals surface area (Å²) in [5, 5.41) is 6.72. The van der Waals surface area contributed by atoms with Gasteiger partial charge in [0.1, 0.15) is 11.5 Å². The number of nitrogens with one attached hydrogen (secondary N) is 2. The number of hydrogen-bond donors (Lipinski definition) is 2. The molecule has 0 bridgehead atoms. The maximum Gasteiger partial charge on any atom is 0.227 e. The van der Waals surface area contributed by atoms with Gasteiger partial charge in [-0.1, -0.05) is 13.8 Å². The van der Waals surface area contributed by atoms with Crippen LogP contribution in [-0.4, -0.2) is 54.6 Å². The molecule has 5 rings (SSSR count). The van der Waals surface area contributed by atoms with Gasteiger partial charge in [-0.3, -0.25) is 0 Å². The largest absolute Gasteiger partial charge is 0.459 e. The highest BCUT2D eigenvalue weighted by Gasteiger charge is 2.18. The van der Waals surface area contributed by atoms with Crippen molar-refractivity contribution in [3.63, 3.8) is 0 Å². The second-order valence-corrected chi connectivity index (χ2v) is 8.17. The minimum atomic E-state index is 0.579. The van der Waals surface area contributed by atoms with Crippen LogP contribution in [0.2, 0.25) is 0 Å². The molecule has 1 aromatic carbocycles. The van der Waals surface area contributed by atoms with E-state index in [1.807, 2.05) is 27.0 Å². The third-order valence-corrected chi connectivity index (χ3v) is 5.94. The van der Waals surface area contributed by atoms with Gasteiger partial charge in [-0.15, -0.1) is 0 Å². The van der Waals surface area contributed by atoms with Crippen molar-refractivity contribution in [1.29, 1.82) is 0 Å². The first kappa shape index (κ1) is 22.3. The first-order chi connectivity index (χ1) is 15.7. The molecule has 0 amide bonds. The number of benzene rings is 1. The van der Waals surface area contributed by atoms with E-state index in [0.717, 1.165) is 74.2 Å². The standard InChI is InChI=1S/C23H28N6O.C2H6/c1-16-14-25-23(27-22(16)21-13-17-15-24-8-7-20(17)30-21)26-18-3-5-19(6-4-18)29-11-9-28(2)10-12-29;1-2/h3-6,13-14,24H,7-12,15H2,1-2H3,(H,25,26,27);1-2H3. The fourth-order valence-electron chi connectivity index (χ4n) is 4.07. The average Bonchev–Trinajstić information content (AvgIpc) is 3.27. The summed E-state index contributed by atoms with van der Waals surface area (Å²) in [6.45, 7) is 12.2. The van der Waals surface area contributed by atoms with Crippen molar-refractivity contribution < 1.29 is 4.42 Å². The van der Waals surface area contributed by atoms with E-state index in [0.29, 0.717) is 5.95 Å². The van der Waals surface area contributed by atoms with Crippen LogP contribution in [0.5, 0.6) is 0 Å². The van der Waals surface area contributed by atoms with Crippen molar-refractivity contribution in [2.45, 2.75) is 33.7 Å². The molecule has 2 aliphatic rings. The van der Waals surface area contributed by atoms with Gasteiger partial charge in [0.15, 0.2) is 5.76 Å². The highest BCUT2D eigenvalue weighted by molar-refractivity contribution is 5.63. The van der Waals surface area contributed by atoms with Gasteiger partial charge in [0.25, 0.3) is 0 Å². The van der Waals surface area contributed by atoms with Gasteiger partial charge < -0.3 is 24.9 Å². The Morgan fingerprint density at radius 3 is 2.53 bits per heavy atom. The van der Waals surface area contributed by atoms with Crippen LogP contribution in [0.3, 0.4) is 0 Å². The molecule has 7 nitrogen and oxygen atoms in total. The Morgan fingerprint density at radius 1 is 1.06 bits per heavy atom. The lowest BCUT2D eigenvalue weighted by Crippen LogP contribution is -2.44. The lowest BCUT2D eigenvalue weighted by atomic mass is 10.1. The van der Waals surface area contributed by atoms with Crippen LogP contribution in [0.25, 0.3) is 11.5 Å². The normalized spacial score (nSPS) is 16.2. The fourth-order valence-corrected chi connectivity index (χ4v) is 4.07. The SMILES string of the molecule is CC.Cc1cnc(Nc2ccc(N3CCN(C)CC3)cc2)nc1-c1cc2c(o1)CCNC2. The maximum atomic E-state index is 6.10. The highest BCUT2D eigenvalue weighted by Crippen LogP contribution is 2.29. The molecule has 0 aliphatic carbocycles. The zero-order chi connectivity index (χ0) is 22.5. The maximum absolute atomic E-state index is 6.10. The number of furan rings is 1. The number of nitrogens with zero attached hydrogens (tertiary/aromatic N) is 4. The van der Waals surface area contributed by atoms with E-state index in [4.69, 9.17) is 9.40 Å². The molecular formula is C25H34N6O. The number of hydrogen-bond acceptors (Lipinski definition) is 7. The molecule has 2 aliphatic heterocycles. The first-order valence-electron chi connectivity index (χ1n) is 11.6. The molecule has 1 saturated heterocycles. The molecule has 0 spiro atoms. The molecule has 2 aromatic heterocycles. The Kier molecular flexibility index (Phi) is 7.07. The molecule has 3 aromatic rings. The summed E-state index contributed by atoms with van der Waals surface area (Å²) in [6.07, 6.45) is 2.77. The predicted molar refractivity (Wildman–Crippen MR) is 131 cm³/mol. The Labute approximate surface area is 190 Å². The number of aromatic nitrogens is 2. The van der Waals surface area contributed by atoms with Crippen molar-refractivity contribution in [2.75, 3.05) is 50.0 Å². The van der Waals surface area contributed by atoms with Crippen LogP contribution in [0.15, 0.2) is 40.9 Å². The summed E-state index contributed by atoms with van der Waals surface area (Å²) < 4.78 is 6.10. The Balaban J connectivity index is 0.00000119. The Morgan fingerprint density at radius 2 is 1.81 bits per heavy atom. The first-order valence-corrected chi connectivity index (χ1v) is 11.6. The zero-order valence-electron chi connectivity index (χ0n) is 19.6. The average molecular weight is 435 g/mol. The summed E-state index contributed by atoms with van der Waals surface area (Å²) in [5.74, 6) is 2.46. The predicted octanol–water partition coefficient (Wildman–Crippen LogP) is 4.21. The number of likely N-dealkylation sites (N-methyl/N-ethyl adjacent to an activating group) is 1. The van der Waals surface area contributed by atoms with Crippen LogP contribution in [0.4, 0.5) is 17.3 Å². The molecule has 0 unspecified atom stereocenters. The van der Waals surface area contributed by atoms with Gasteiger partial charge in [-0.2, -0.15) is 0 Å². The topological polar surface area (TPSA) is 69.5 Å². The van der Waals surface area contributed by atoms with Crippen molar-refractivity contribution in [3.05, 3.63) is 53.4 Å². The summed E-state index contributed by atoms with van der Waals surface area (Å²) >= 11 is 0. The number of piperazine rings is 1. The summed E-state index contributed by atoms with van der Waals surface area (Å²) in [6, 6.07) is 10.6. The number of aryl methyl sites for hydroxylation is 1. The molecule has 0 atom stereocenters. The smallest absolute Gasteiger partial charge is 0.227 e. The van der Waals surface area contributed by atoms with E-state index in [1.165, 1.54) is 11.3 Å². The van der Waals surface area contributed by atoms with Crippen molar-refractivity contribution >= 4 is 17.3 Å². The summed E-state index contributed by atoms with van der Waals surface area (Å²) in [7, 11) is 2.18. The van der Waals surface area contributed by atoms with Crippen LogP contribution < -0.4 is 15.5 Å². The van der Waals surface area contributed by atoms with Gasteiger partial charge in [0.05, 0.1) is 0 Å². The zero-order valence-corrected chi connectivity index (χ0v) is 19.6. The molecular weight excluding hydrogens is 400 g/mol. The number of fused-ring (bicyclic) bond motifs is 1. The summed E-state index contributed by atoms with van der Waals surface area (Å²) in [5.41, 5.74) is 5.31. The molecule has 1 fully saturated rings. The minimum absolute atomic E-state index is 0.579. The van der Waals surface area contributed by atoms with Gasteiger partial charge in [0, 0.05) is 68.8 Å². The van der Waals surface area contributed by atoms with Crippen LogP contribution in [-0.2, 0) is 13.0 Å². The fraction of sp³-hybridized carbons (Fsp3) is 0.440. The van der Waals surface area contributed by atoms with Gasteiger partial charge in [-0.05, 0) is 49.9 Å². The highest BCUT2D eigenvalue weighted by atomic mass is 16.3. The van der Waals surface area contributed by atoms with E-state index in [1.54, 1.807) is 0 Å². The molecule has 170 valence electrons. The Bertz CT molecular complexity index is 998. The minimum Gasteiger partial charge on any atom is -0.459 e. The molecule has 4 heterocycles. The third kappa shape index (κ3) is 4.95. The molecule has 7 heteroatoms. The number of anilines is 3. The van der Waals surface area contributed by atoms with E-state index in [9.17, 15) is 0 Å². The monoisotopic (exact) mass is 434 g/mol. The second kappa shape index (κ2) is 10.1. The van der Waals surface area contributed by atoms with Gasteiger partial charge in [0.2, 0.25) is 5.95 Å².